The fourth-order valence-corrected chi connectivity index (χ4v) is 2.59. The fraction of sp³-hybridized carbons (Fsp3) is 0.467. The first kappa shape index (κ1) is 18.2. The summed E-state index contributed by atoms with van der Waals surface area (Å²) in [5, 5.41) is 8.95. The minimum Gasteiger partial charge on any atom is -0.480 e. The van der Waals surface area contributed by atoms with Crippen LogP contribution >= 0.6 is 0 Å². The van der Waals surface area contributed by atoms with Crippen molar-refractivity contribution in [2.45, 2.75) is 25.7 Å². The van der Waals surface area contributed by atoms with Gasteiger partial charge in [-0.2, -0.15) is 0 Å². The number of carbonyl (C=O) groups is 2. The molecule has 0 saturated carbocycles. The molecule has 0 unspecified atom stereocenters. The van der Waals surface area contributed by atoms with E-state index in [4.69, 9.17) is 5.11 Å². The van der Waals surface area contributed by atoms with Crippen molar-refractivity contribution >= 4 is 21.7 Å². The third-order valence-corrected chi connectivity index (χ3v) is 3.94. The van der Waals surface area contributed by atoms with Crippen LogP contribution in [0.25, 0.3) is 0 Å². The first-order chi connectivity index (χ1) is 9.90. The molecule has 0 radical (unpaired) electrons. The molecule has 1 N–H and O–H groups in total. The van der Waals surface area contributed by atoms with Crippen molar-refractivity contribution in [3.8, 4) is 0 Å². The van der Waals surface area contributed by atoms with Crippen LogP contribution in [0.2, 0.25) is 0 Å². The molecular formula is C15H21NO5S. The zero-order chi connectivity index (χ0) is 17.1. The molecule has 0 atom stereocenters. The number of sulfone groups is 1. The van der Waals surface area contributed by atoms with Gasteiger partial charge in [0, 0.05) is 18.4 Å². The maximum Gasteiger partial charge on any atom is 0.323 e. The van der Waals surface area contributed by atoms with Gasteiger partial charge in [0.25, 0.3) is 5.91 Å². The smallest absolute Gasteiger partial charge is 0.323 e. The molecule has 0 spiro atoms. The molecule has 0 aliphatic carbocycles. The van der Waals surface area contributed by atoms with Crippen molar-refractivity contribution in [1.29, 1.82) is 0 Å². The van der Waals surface area contributed by atoms with Crippen molar-refractivity contribution in [3.05, 3.63) is 29.8 Å². The van der Waals surface area contributed by atoms with E-state index in [0.29, 0.717) is 0 Å². The van der Waals surface area contributed by atoms with Crippen LogP contribution < -0.4 is 0 Å². The summed E-state index contributed by atoms with van der Waals surface area (Å²) in [4.78, 5) is 24.7. The van der Waals surface area contributed by atoms with Crippen LogP contribution in [0, 0.1) is 5.41 Å². The summed E-state index contributed by atoms with van der Waals surface area (Å²) in [6.07, 6.45) is 1.08. The number of carbonyl (C=O) groups excluding carboxylic acids is 1. The van der Waals surface area contributed by atoms with Gasteiger partial charge in [0.05, 0.1) is 4.90 Å². The number of benzene rings is 1. The largest absolute Gasteiger partial charge is 0.480 e. The van der Waals surface area contributed by atoms with E-state index in [9.17, 15) is 18.0 Å². The topological polar surface area (TPSA) is 91.8 Å². The Morgan fingerprint density at radius 1 is 1.14 bits per heavy atom. The zero-order valence-corrected chi connectivity index (χ0v) is 14.0. The molecule has 0 aromatic heterocycles. The highest BCUT2D eigenvalue weighted by atomic mass is 32.2. The van der Waals surface area contributed by atoms with Gasteiger partial charge in [0.2, 0.25) is 0 Å². The van der Waals surface area contributed by atoms with Crippen molar-refractivity contribution < 1.29 is 23.1 Å². The summed E-state index contributed by atoms with van der Waals surface area (Å²) in [5.74, 6) is -1.53. The quantitative estimate of drug-likeness (QED) is 0.888. The van der Waals surface area contributed by atoms with E-state index >= 15 is 0 Å². The lowest BCUT2D eigenvalue weighted by Crippen LogP contribution is -2.41. The van der Waals surface area contributed by atoms with E-state index in [1.54, 1.807) is 0 Å². The van der Waals surface area contributed by atoms with E-state index in [1.807, 2.05) is 20.8 Å². The minimum absolute atomic E-state index is 0.115. The summed E-state index contributed by atoms with van der Waals surface area (Å²) >= 11 is 0. The van der Waals surface area contributed by atoms with Crippen LogP contribution in [0.5, 0.6) is 0 Å². The molecule has 1 amide bonds. The summed E-state index contributed by atoms with van der Waals surface area (Å²) < 4.78 is 22.8. The Bertz CT molecular complexity index is 656. The molecule has 1 rings (SSSR count). The molecule has 0 bridgehead atoms. The Morgan fingerprint density at radius 3 is 2.00 bits per heavy atom. The molecule has 1 aromatic rings. The van der Waals surface area contributed by atoms with Gasteiger partial charge < -0.3 is 10.0 Å². The van der Waals surface area contributed by atoms with E-state index in [-0.39, 0.29) is 22.4 Å². The van der Waals surface area contributed by atoms with Crippen LogP contribution in [0.4, 0.5) is 0 Å². The fourth-order valence-electron chi connectivity index (χ4n) is 1.96. The standard InChI is InChI=1S/C15H21NO5S/c1-15(2,3)10-16(9-13(17)18)14(19)11-5-7-12(8-6-11)22(4,20)21/h5-8H,9-10H2,1-4H3,(H,17,18). The van der Waals surface area contributed by atoms with Crippen molar-refractivity contribution in [3.63, 3.8) is 0 Å². The predicted molar refractivity (Wildman–Crippen MR) is 82.5 cm³/mol. The Hall–Kier alpha value is -1.89. The second kappa shape index (κ2) is 6.48. The molecule has 0 fully saturated rings. The summed E-state index contributed by atoms with van der Waals surface area (Å²) in [6, 6.07) is 5.49. The van der Waals surface area contributed by atoms with Gasteiger partial charge in [-0.1, -0.05) is 20.8 Å². The monoisotopic (exact) mass is 327 g/mol. The van der Waals surface area contributed by atoms with Crippen molar-refractivity contribution in [1.82, 2.24) is 4.90 Å². The van der Waals surface area contributed by atoms with Crippen molar-refractivity contribution in [2.24, 2.45) is 5.41 Å². The number of aliphatic carboxylic acids is 1. The average Bonchev–Trinajstić information content (AvgIpc) is 2.34. The molecule has 1 aromatic carbocycles. The van der Waals surface area contributed by atoms with E-state index in [0.717, 1.165) is 6.26 Å². The van der Waals surface area contributed by atoms with E-state index < -0.39 is 28.3 Å². The third-order valence-electron chi connectivity index (χ3n) is 2.81. The maximum atomic E-state index is 12.4. The van der Waals surface area contributed by atoms with Crippen LogP contribution in [0.3, 0.4) is 0 Å². The average molecular weight is 327 g/mol. The summed E-state index contributed by atoms with van der Waals surface area (Å²) in [5.41, 5.74) is 0.00977. The number of rotatable bonds is 5. The van der Waals surface area contributed by atoms with Gasteiger partial charge in [0.1, 0.15) is 6.54 Å². The molecule has 6 nitrogen and oxygen atoms in total. The second-order valence-electron chi connectivity index (χ2n) is 6.41. The Balaban J connectivity index is 3.05. The molecule has 22 heavy (non-hydrogen) atoms. The second-order valence-corrected chi connectivity index (χ2v) is 8.43. The van der Waals surface area contributed by atoms with E-state index in [2.05, 4.69) is 0 Å². The molecule has 7 heteroatoms. The molecule has 0 aliphatic rings. The summed E-state index contributed by atoms with van der Waals surface area (Å²) in [7, 11) is -3.33. The normalized spacial score (nSPS) is 12.0. The zero-order valence-electron chi connectivity index (χ0n) is 13.2. The number of carboxylic acids is 1. The molecule has 0 saturated heterocycles. The number of amides is 1. The van der Waals surface area contributed by atoms with Gasteiger partial charge >= 0.3 is 5.97 Å². The van der Waals surface area contributed by atoms with Crippen LogP contribution in [-0.2, 0) is 14.6 Å². The lowest BCUT2D eigenvalue weighted by atomic mass is 9.95. The number of nitrogens with zero attached hydrogens (tertiary/aromatic N) is 1. The first-order valence-corrected chi connectivity index (χ1v) is 8.60. The predicted octanol–water partition coefficient (Wildman–Crippen LogP) is 1.66. The number of hydrogen-bond acceptors (Lipinski definition) is 4. The highest BCUT2D eigenvalue weighted by molar-refractivity contribution is 7.90. The van der Waals surface area contributed by atoms with Crippen molar-refractivity contribution in [2.75, 3.05) is 19.3 Å². The Kier molecular flexibility index (Phi) is 5.35. The van der Waals surface area contributed by atoms with Gasteiger partial charge in [-0.05, 0) is 29.7 Å². The minimum atomic E-state index is -3.33. The number of carboxylic acid groups (broad SMARTS) is 1. The summed E-state index contributed by atoms with van der Waals surface area (Å²) in [6.45, 7) is 5.60. The maximum absolute atomic E-state index is 12.4. The van der Waals surface area contributed by atoms with Gasteiger partial charge in [0.15, 0.2) is 9.84 Å². The van der Waals surface area contributed by atoms with Gasteiger partial charge in [-0.25, -0.2) is 8.42 Å². The van der Waals surface area contributed by atoms with Crippen LogP contribution in [0.1, 0.15) is 31.1 Å². The molecule has 122 valence electrons. The van der Waals surface area contributed by atoms with Crippen LogP contribution in [-0.4, -0.2) is 49.6 Å². The molecular weight excluding hydrogens is 306 g/mol. The highest BCUT2D eigenvalue weighted by Gasteiger charge is 2.24. The Morgan fingerprint density at radius 2 is 1.64 bits per heavy atom. The van der Waals surface area contributed by atoms with Gasteiger partial charge in [-0.15, -0.1) is 0 Å². The first-order valence-electron chi connectivity index (χ1n) is 6.71. The SMILES string of the molecule is CC(C)(C)CN(CC(=O)O)C(=O)c1ccc(S(C)(=O)=O)cc1. The van der Waals surface area contributed by atoms with Gasteiger partial charge in [-0.3, -0.25) is 9.59 Å². The highest BCUT2D eigenvalue weighted by Crippen LogP contribution is 2.18. The Labute approximate surface area is 130 Å². The lowest BCUT2D eigenvalue weighted by Gasteiger charge is -2.28. The molecule has 0 aliphatic heterocycles. The third kappa shape index (κ3) is 5.48. The molecule has 0 heterocycles. The van der Waals surface area contributed by atoms with Crippen LogP contribution in [0.15, 0.2) is 29.2 Å². The van der Waals surface area contributed by atoms with E-state index in [1.165, 1.54) is 29.2 Å². The lowest BCUT2D eigenvalue weighted by molar-refractivity contribution is -0.138. The number of hydrogen-bond donors (Lipinski definition) is 1.